The van der Waals surface area contributed by atoms with Gasteiger partial charge in [0.25, 0.3) is 5.91 Å². The van der Waals surface area contributed by atoms with Crippen molar-refractivity contribution >= 4 is 50.6 Å². The van der Waals surface area contributed by atoms with Crippen molar-refractivity contribution in [3.63, 3.8) is 0 Å². The van der Waals surface area contributed by atoms with Gasteiger partial charge in [-0.3, -0.25) is 4.79 Å². The van der Waals surface area contributed by atoms with Crippen molar-refractivity contribution in [2.45, 2.75) is 26.7 Å². The van der Waals surface area contributed by atoms with Gasteiger partial charge in [0, 0.05) is 18.0 Å². The first-order chi connectivity index (χ1) is 13.4. The van der Waals surface area contributed by atoms with Crippen LogP contribution in [0.25, 0.3) is 10.2 Å². The highest BCUT2D eigenvalue weighted by Crippen LogP contribution is 2.37. The SMILES string of the molecule is Cc1sc2ncnc(N3CCC[C@H](C)C3)c2c1C(=O)Nc1ccc(F)cc1Cl. The molecule has 3 aromatic rings. The number of hydrogen-bond donors (Lipinski definition) is 1. The first kappa shape index (κ1) is 19.1. The zero-order chi connectivity index (χ0) is 19.8. The minimum Gasteiger partial charge on any atom is -0.356 e. The maximum Gasteiger partial charge on any atom is 0.257 e. The lowest BCUT2D eigenvalue weighted by Crippen LogP contribution is -2.35. The number of benzene rings is 1. The maximum absolute atomic E-state index is 13.3. The van der Waals surface area contributed by atoms with Gasteiger partial charge in [-0.05, 0) is 43.9 Å². The molecule has 1 amide bonds. The van der Waals surface area contributed by atoms with E-state index in [0.29, 0.717) is 17.2 Å². The van der Waals surface area contributed by atoms with Gasteiger partial charge in [-0.2, -0.15) is 0 Å². The monoisotopic (exact) mass is 418 g/mol. The highest BCUT2D eigenvalue weighted by molar-refractivity contribution is 7.19. The normalized spacial score (nSPS) is 17.1. The van der Waals surface area contributed by atoms with E-state index in [1.165, 1.54) is 36.0 Å². The summed E-state index contributed by atoms with van der Waals surface area (Å²) in [5.74, 6) is 0.637. The second kappa shape index (κ2) is 7.64. The van der Waals surface area contributed by atoms with E-state index >= 15 is 0 Å². The second-order valence-corrected chi connectivity index (χ2v) is 8.79. The summed E-state index contributed by atoms with van der Waals surface area (Å²) in [7, 11) is 0. The number of carbonyl (C=O) groups excluding carboxylic acids is 1. The number of fused-ring (bicyclic) bond motifs is 1. The summed E-state index contributed by atoms with van der Waals surface area (Å²) in [6.45, 7) is 5.95. The Morgan fingerprint density at radius 3 is 2.96 bits per heavy atom. The number of anilines is 2. The van der Waals surface area contributed by atoms with Gasteiger partial charge in [0.15, 0.2) is 0 Å². The van der Waals surface area contributed by atoms with Crippen LogP contribution < -0.4 is 10.2 Å². The fourth-order valence-corrected chi connectivity index (χ4v) is 4.90. The summed E-state index contributed by atoms with van der Waals surface area (Å²) in [6, 6.07) is 3.91. The van der Waals surface area contributed by atoms with Gasteiger partial charge >= 0.3 is 0 Å². The minimum atomic E-state index is -0.449. The van der Waals surface area contributed by atoms with Crippen LogP contribution in [0.15, 0.2) is 24.5 Å². The van der Waals surface area contributed by atoms with Crippen LogP contribution in [0.5, 0.6) is 0 Å². The van der Waals surface area contributed by atoms with E-state index < -0.39 is 5.82 Å². The number of thiophene rings is 1. The lowest BCUT2D eigenvalue weighted by molar-refractivity contribution is 0.102. The van der Waals surface area contributed by atoms with Crippen molar-refractivity contribution in [2.75, 3.05) is 23.3 Å². The van der Waals surface area contributed by atoms with Gasteiger partial charge in [-0.25, -0.2) is 14.4 Å². The Balaban J connectivity index is 1.76. The fourth-order valence-electron chi connectivity index (χ4n) is 3.70. The summed E-state index contributed by atoms with van der Waals surface area (Å²) in [5.41, 5.74) is 0.922. The van der Waals surface area contributed by atoms with Gasteiger partial charge in [0.2, 0.25) is 0 Å². The van der Waals surface area contributed by atoms with E-state index in [1.54, 1.807) is 6.33 Å². The van der Waals surface area contributed by atoms with Crippen molar-refractivity contribution in [2.24, 2.45) is 5.92 Å². The van der Waals surface area contributed by atoms with E-state index in [9.17, 15) is 9.18 Å². The van der Waals surface area contributed by atoms with Gasteiger partial charge < -0.3 is 10.2 Å². The molecule has 1 atom stereocenters. The Hall–Kier alpha value is -2.25. The molecule has 0 aliphatic carbocycles. The smallest absolute Gasteiger partial charge is 0.257 e. The molecule has 0 unspecified atom stereocenters. The van der Waals surface area contributed by atoms with Crippen LogP contribution in [0.4, 0.5) is 15.9 Å². The number of piperidine rings is 1. The maximum atomic E-state index is 13.3. The lowest BCUT2D eigenvalue weighted by atomic mass is 10.00. The van der Waals surface area contributed by atoms with Crippen molar-refractivity contribution in [1.29, 1.82) is 0 Å². The Morgan fingerprint density at radius 1 is 1.39 bits per heavy atom. The highest BCUT2D eigenvalue weighted by Gasteiger charge is 2.26. The van der Waals surface area contributed by atoms with E-state index in [4.69, 9.17) is 11.6 Å². The fraction of sp³-hybridized carbons (Fsp3) is 0.350. The molecule has 0 spiro atoms. The Labute approximate surface area is 171 Å². The number of nitrogens with one attached hydrogen (secondary N) is 1. The number of rotatable bonds is 3. The molecular formula is C20H20ClFN4OS. The number of aromatic nitrogens is 2. The Morgan fingerprint density at radius 2 is 2.21 bits per heavy atom. The summed E-state index contributed by atoms with van der Waals surface area (Å²) >= 11 is 7.55. The molecular weight excluding hydrogens is 399 g/mol. The zero-order valence-electron chi connectivity index (χ0n) is 15.6. The average Bonchev–Trinajstić information content (AvgIpc) is 3.00. The number of amides is 1. The highest BCUT2D eigenvalue weighted by atomic mass is 35.5. The quantitative estimate of drug-likeness (QED) is 0.628. The van der Waals surface area contributed by atoms with E-state index in [-0.39, 0.29) is 10.9 Å². The molecule has 1 fully saturated rings. The van der Waals surface area contributed by atoms with Crippen LogP contribution in [0.1, 0.15) is 35.0 Å². The van der Waals surface area contributed by atoms with Crippen LogP contribution >= 0.6 is 22.9 Å². The van der Waals surface area contributed by atoms with Crippen LogP contribution in [-0.4, -0.2) is 29.0 Å². The van der Waals surface area contributed by atoms with Gasteiger partial charge in [0.1, 0.15) is 22.8 Å². The molecule has 1 aliphatic rings. The molecule has 0 bridgehead atoms. The third-order valence-corrected chi connectivity index (χ3v) is 6.33. The zero-order valence-corrected chi connectivity index (χ0v) is 17.2. The van der Waals surface area contributed by atoms with Gasteiger partial charge in [-0.1, -0.05) is 18.5 Å². The van der Waals surface area contributed by atoms with Gasteiger partial charge in [-0.15, -0.1) is 11.3 Å². The molecule has 4 rings (SSSR count). The molecule has 1 aromatic carbocycles. The van der Waals surface area contributed by atoms with E-state index in [1.807, 2.05) is 6.92 Å². The first-order valence-corrected chi connectivity index (χ1v) is 10.4. The first-order valence-electron chi connectivity index (χ1n) is 9.19. The van der Waals surface area contributed by atoms with Crippen LogP contribution in [0.2, 0.25) is 5.02 Å². The average molecular weight is 419 g/mol. The van der Waals surface area contributed by atoms with Gasteiger partial charge in [0.05, 0.1) is 21.7 Å². The number of hydrogen-bond acceptors (Lipinski definition) is 5. The number of nitrogens with zero attached hydrogens (tertiary/aromatic N) is 3. The lowest BCUT2D eigenvalue weighted by Gasteiger charge is -2.32. The summed E-state index contributed by atoms with van der Waals surface area (Å²) in [6.07, 6.45) is 3.86. The molecule has 1 aliphatic heterocycles. The summed E-state index contributed by atoms with van der Waals surface area (Å²) < 4.78 is 13.3. The Bertz CT molecular complexity index is 1050. The molecule has 1 saturated heterocycles. The van der Waals surface area contributed by atoms with Crippen LogP contribution in [-0.2, 0) is 0 Å². The molecule has 28 heavy (non-hydrogen) atoms. The predicted octanol–water partition coefficient (Wildman–Crippen LogP) is 5.28. The third-order valence-electron chi connectivity index (χ3n) is 5.01. The second-order valence-electron chi connectivity index (χ2n) is 7.18. The summed E-state index contributed by atoms with van der Waals surface area (Å²) in [4.78, 5) is 25.9. The molecule has 146 valence electrons. The Kier molecular flexibility index (Phi) is 5.21. The molecule has 3 heterocycles. The third kappa shape index (κ3) is 3.56. The topological polar surface area (TPSA) is 58.1 Å². The number of aryl methyl sites for hydroxylation is 1. The molecule has 0 saturated carbocycles. The van der Waals surface area contributed by atoms with E-state index in [0.717, 1.165) is 40.4 Å². The standard InChI is InChI=1S/C20H20ClFN4OS/c1-11-4-3-7-26(9-11)18-17-16(12(2)28-20(17)24-10-23-18)19(27)25-15-6-5-13(22)8-14(15)21/h5-6,8,10-11H,3-4,7,9H2,1-2H3,(H,25,27)/t11-/m0/s1. The largest absolute Gasteiger partial charge is 0.356 e. The molecule has 1 N–H and O–H groups in total. The molecule has 2 aromatic heterocycles. The molecule has 8 heteroatoms. The number of carbonyl (C=O) groups is 1. The number of halogens is 2. The van der Waals surface area contributed by atoms with E-state index in [2.05, 4.69) is 27.1 Å². The molecule has 5 nitrogen and oxygen atoms in total. The van der Waals surface area contributed by atoms with Crippen LogP contribution in [0.3, 0.4) is 0 Å². The molecule has 0 radical (unpaired) electrons. The summed E-state index contributed by atoms with van der Waals surface area (Å²) in [5, 5.41) is 3.74. The van der Waals surface area contributed by atoms with Crippen molar-refractivity contribution in [3.05, 3.63) is 45.8 Å². The van der Waals surface area contributed by atoms with Crippen LogP contribution in [0, 0.1) is 18.7 Å². The van der Waals surface area contributed by atoms with Crippen molar-refractivity contribution in [1.82, 2.24) is 9.97 Å². The predicted molar refractivity (Wildman–Crippen MR) is 112 cm³/mol. The van der Waals surface area contributed by atoms with Crippen molar-refractivity contribution < 1.29 is 9.18 Å². The van der Waals surface area contributed by atoms with Crippen molar-refractivity contribution in [3.8, 4) is 0 Å². The minimum absolute atomic E-state index is 0.159.